The molecule has 24 heavy (non-hydrogen) atoms. The van der Waals surface area contributed by atoms with Crippen LogP contribution < -0.4 is 5.69 Å². The smallest absolute Gasteiger partial charge is 0.293 e. The molecule has 1 atom stereocenters. The maximum absolute atomic E-state index is 12.4. The predicted octanol–water partition coefficient (Wildman–Crippen LogP) is 3.86. The molecule has 0 saturated carbocycles. The zero-order valence-corrected chi connectivity index (χ0v) is 15.4. The first-order valence-electron chi connectivity index (χ1n) is 8.48. The van der Waals surface area contributed by atoms with E-state index in [1.54, 1.807) is 4.57 Å². The molecule has 2 rings (SSSR count). The molecular formula is C18H25N3O2S. The first-order chi connectivity index (χ1) is 11.6. The van der Waals surface area contributed by atoms with E-state index in [1.807, 2.05) is 24.3 Å². The molecule has 0 spiro atoms. The van der Waals surface area contributed by atoms with Gasteiger partial charge in [-0.25, -0.2) is 9.89 Å². The third-order valence-corrected chi connectivity index (χ3v) is 5.18. The molecule has 0 aliphatic carbocycles. The van der Waals surface area contributed by atoms with Crippen molar-refractivity contribution in [2.75, 3.05) is 5.75 Å². The van der Waals surface area contributed by atoms with Crippen molar-refractivity contribution >= 4 is 17.5 Å². The molecule has 0 saturated heterocycles. The molecule has 1 aromatic carbocycles. The van der Waals surface area contributed by atoms with E-state index in [0.717, 1.165) is 19.3 Å². The van der Waals surface area contributed by atoms with Gasteiger partial charge in [-0.1, -0.05) is 63.2 Å². The first-order valence-corrected chi connectivity index (χ1v) is 9.46. The largest absolute Gasteiger partial charge is 0.343 e. The second kappa shape index (κ2) is 8.87. The summed E-state index contributed by atoms with van der Waals surface area (Å²) in [4.78, 5) is 24.1. The summed E-state index contributed by atoms with van der Waals surface area (Å²) in [5.74, 6) is 0.827. The van der Waals surface area contributed by atoms with Crippen molar-refractivity contribution in [2.45, 2.75) is 57.7 Å². The monoisotopic (exact) mass is 347 g/mol. The summed E-state index contributed by atoms with van der Waals surface area (Å²) in [5, 5.41) is 7.06. The van der Waals surface area contributed by atoms with E-state index in [1.165, 1.54) is 17.3 Å². The highest BCUT2D eigenvalue weighted by Crippen LogP contribution is 2.20. The molecule has 1 unspecified atom stereocenters. The average Bonchev–Trinajstić information content (AvgIpc) is 2.97. The summed E-state index contributed by atoms with van der Waals surface area (Å²) in [7, 11) is 0. The highest BCUT2D eigenvalue weighted by atomic mass is 32.2. The molecule has 0 amide bonds. The van der Waals surface area contributed by atoms with Gasteiger partial charge in [0.15, 0.2) is 10.9 Å². The standard InChI is InChI=1S/C18H25N3O2S/c1-4-6-11-21-17(23)19-20-18(21)24-12-16(22)15-9-7-14(8-10-15)13(3)5-2/h7-10,13H,4-6,11-12H2,1-3H3,(H,19,23). The van der Waals surface area contributed by atoms with E-state index in [2.05, 4.69) is 31.0 Å². The minimum atomic E-state index is -0.212. The van der Waals surface area contributed by atoms with Crippen LogP contribution in [0.25, 0.3) is 0 Å². The summed E-state index contributed by atoms with van der Waals surface area (Å²) in [6, 6.07) is 7.83. The van der Waals surface area contributed by atoms with Crippen LogP contribution in [0.2, 0.25) is 0 Å². The number of hydrogen-bond acceptors (Lipinski definition) is 4. The normalized spacial score (nSPS) is 12.3. The van der Waals surface area contributed by atoms with Crippen LogP contribution in [0.1, 0.15) is 61.9 Å². The van der Waals surface area contributed by atoms with Crippen LogP contribution in [0, 0.1) is 0 Å². The molecule has 0 fully saturated rings. The molecule has 130 valence electrons. The van der Waals surface area contributed by atoms with Crippen molar-refractivity contribution in [1.82, 2.24) is 14.8 Å². The van der Waals surface area contributed by atoms with Crippen molar-refractivity contribution in [2.24, 2.45) is 0 Å². The maximum atomic E-state index is 12.4. The van der Waals surface area contributed by atoms with Gasteiger partial charge in [-0.3, -0.25) is 9.36 Å². The Bertz CT molecular complexity index is 719. The Hall–Kier alpha value is -1.82. The lowest BCUT2D eigenvalue weighted by Crippen LogP contribution is -2.18. The number of aromatic nitrogens is 3. The number of Topliss-reactive ketones (excluding diaryl/α,β-unsaturated/α-hetero) is 1. The highest BCUT2D eigenvalue weighted by molar-refractivity contribution is 7.99. The van der Waals surface area contributed by atoms with Crippen LogP contribution in [0.3, 0.4) is 0 Å². The quantitative estimate of drug-likeness (QED) is 0.552. The molecule has 2 aromatic rings. The molecule has 1 N–H and O–H groups in total. The summed E-state index contributed by atoms with van der Waals surface area (Å²) < 4.78 is 1.60. The number of benzene rings is 1. The Balaban J connectivity index is 1.99. The van der Waals surface area contributed by atoms with E-state index < -0.39 is 0 Å². The van der Waals surface area contributed by atoms with E-state index in [0.29, 0.717) is 23.2 Å². The molecule has 0 aliphatic heterocycles. The Morgan fingerprint density at radius 1 is 1.29 bits per heavy atom. The fraction of sp³-hybridized carbons (Fsp3) is 0.500. The fourth-order valence-corrected chi connectivity index (χ4v) is 3.24. The van der Waals surface area contributed by atoms with Crippen LogP contribution in [-0.2, 0) is 6.54 Å². The molecule has 0 aliphatic rings. The second-order valence-electron chi connectivity index (χ2n) is 5.96. The molecule has 6 heteroatoms. The van der Waals surface area contributed by atoms with Crippen LogP contribution in [0.5, 0.6) is 0 Å². The summed E-state index contributed by atoms with van der Waals surface area (Å²) >= 11 is 1.31. The highest BCUT2D eigenvalue weighted by Gasteiger charge is 2.13. The van der Waals surface area contributed by atoms with Crippen molar-refractivity contribution < 1.29 is 4.79 Å². The number of carbonyl (C=O) groups is 1. The predicted molar refractivity (Wildman–Crippen MR) is 98.0 cm³/mol. The first kappa shape index (κ1) is 18.5. The van der Waals surface area contributed by atoms with Crippen molar-refractivity contribution in [3.05, 3.63) is 45.9 Å². The SMILES string of the molecule is CCCCn1c(SCC(=O)c2ccc(C(C)CC)cc2)n[nH]c1=O. The van der Waals surface area contributed by atoms with Gasteiger partial charge in [0.25, 0.3) is 0 Å². The molecule has 0 bridgehead atoms. The number of rotatable bonds is 9. The van der Waals surface area contributed by atoms with Gasteiger partial charge in [-0.15, -0.1) is 5.10 Å². The fourth-order valence-electron chi connectivity index (χ4n) is 2.37. The second-order valence-corrected chi connectivity index (χ2v) is 6.90. The minimum Gasteiger partial charge on any atom is -0.293 e. The third kappa shape index (κ3) is 4.60. The molecular weight excluding hydrogens is 322 g/mol. The van der Waals surface area contributed by atoms with E-state index >= 15 is 0 Å². The summed E-state index contributed by atoms with van der Waals surface area (Å²) in [5.41, 5.74) is 1.74. The van der Waals surface area contributed by atoms with Crippen LogP contribution in [0.15, 0.2) is 34.2 Å². The van der Waals surface area contributed by atoms with Crippen LogP contribution in [0.4, 0.5) is 0 Å². The summed E-state index contributed by atoms with van der Waals surface area (Å²) in [6.45, 7) is 7.04. The average molecular weight is 347 g/mol. The van der Waals surface area contributed by atoms with Gasteiger partial charge in [0.05, 0.1) is 5.75 Å². The number of nitrogens with zero attached hydrogens (tertiary/aromatic N) is 2. The van der Waals surface area contributed by atoms with Gasteiger partial charge in [0.1, 0.15) is 0 Å². The maximum Gasteiger partial charge on any atom is 0.343 e. The Kier molecular flexibility index (Phi) is 6.85. The van der Waals surface area contributed by atoms with Gasteiger partial charge in [0, 0.05) is 12.1 Å². The van der Waals surface area contributed by atoms with Gasteiger partial charge in [-0.05, 0) is 24.3 Å². The van der Waals surface area contributed by atoms with Gasteiger partial charge < -0.3 is 0 Å². The van der Waals surface area contributed by atoms with Crippen molar-refractivity contribution in [1.29, 1.82) is 0 Å². The Labute approximate surface area is 146 Å². The number of unbranched alkanes of at least 4 members (excludes halogenated alkanes) is 1. The zero-order chi connectivity index (χ0) is 17.5. The summed E-state index contributed by atoms with van der Waals surface area (Å²) in [6.07, 6.45) is 3.00. The molecule has 1 aromatic heterocycles. The van der Waals surface area contributed by atoms with Gasteiger partial charge in [-0.2, -0.15) is 0 Å². The zero-order valence-electron chi connectivity index (χ0n) is 14.5. The Morgan fingerprint density at radius 3 is 2.62 bits per heavy atom. The number of nitrogens with one attached hydrogen (secondary N) is 1. The van der Waals surface area contributed by atoms with Crippen LogP contribution >= 0.6 is 11.8 Å². The van der Waals surface area contributed by atoms with Gasteiger partial charge >= 0.3 is 5.69 Å². The number of H-pyrrole nitrogens is 1. The van der Waals surface area contributed by atoms with E-state index in [-0.39, 0.29) is 17.2 Å². The van der Waals surface area contributed by atoms with Gasteiger partial charge in [0.2, 0.25) is 0 Å². The van der Waals surface area contributed by atoms with Crippen molar-refractivity contribution in [3.8, 4) is 0 Å². The third-order valence-electron chi connectivity index (χ3n) is 4.20. The molecule has 1 heterocycles. The van der Waals surface area contributed by atoms with Crippen molar-refractivity contribution in [3.63, 3.8) is 0 Å². The lowest BCUT2D eigenvalue weighted by molar-refractivity contribution is 0.102. The molecule has 0 radical (unpaired) electrons. The number of aromatic amines is 1. The lowest BCUT2D eigenvalue weighted by atomic mass is 9.97. The minimum absolute atomic E-state index is 0.0493. The number of thioether (sulfide) groups is 1. The number of carbonyl (C=O) groups excluding carboxylic acids is 1. The lowest BCUT2D eigenvalue weighted by Gasteiger charge is -2.09. The number of hydrogen-bond donors (Lipinski definition) is 1. The topological polar surface area (TPSA) is 67.8 Å². The van der Waals surface area contributed by atoms with Crippen LogP contribution in [-0.4, -0.2) is 26.3 Å². The van der Waals surface area contributed by atoms with E-state index in [4.69, 9.17) is 0 Å². The Morgan fingerprint density at radius 2 is 2.00 bits per heavy atom. The number of ketones is 1. The molecule has 5 nitrogen and oxygen atoms in total. The van der Waals surface area contributed by atoms with E-state index in [9.17, 15) is 9.59 Å².